The average Bonchev–Trinajstić information content (AvgIpc) is 2.87. The van der Waals surface area contributed by atoms with Gasteiger partial charge >= 0.3 is 0 Å². The van der Waals surface area contributed by atoms with E-state index in [1.165, 1.54) is 18.0 Å². The van der Waals surface area contributed by atoms with Crippen LogP contribution in [0, 0.1) is 21.7 Å². The van der Waals surface area contributed by atoms with Gasteiger partial charge in [-0.3, -0.25) is 10.1 Å². The highest BCUT2D eigenvalue weighted by atomic mass is 19.2. The van der Waals surface area contributed by atoms with Gasteiger partial charge in [0.05, 0.1) is 17.6 Å². The van der Waals surface area contributed by atoms with Crippen LogP contribution >= 0.6 is 0 Å². The van der Waals surface area contributed by atoms with Crippen molar-refractivity contribution in [1.29, 1.82) is 0 Å². The van der Waals surface area contributed by atoms with E-state index in [1.807, 2.05) is 0 Å². The standard InChI is InChI=1S/C11H10F2N4O3/c1-20-3-2-16-6-14-15-11(16)7-4-8(12)9(13)5-10(7)17(18)19/h4-6H,2-3H2,1H3. The smallest absolute Gasteiger partial charge is 0.283 e. The molecule has 0 fully saturated rings. The van der Waals surface area contributed by atoms with Gasteiger partial charge in [-0.1, -0.05) is 0 Å². The summed E-state index contributed by atoms with van der Waals surface area (Å²) in [6.45, 7) is 0.650. The number of hydrogen-bond donors (Lipinski definition) is 0. The van der Waals surface area contributed by atoms with Crippen molar-refractivity contribution in [3.05, 3.63) is 40.2 Å². The van der Waals surface area contributed by atoms with E-state index in [0.717, 1.165) is 6.07 Å². The molecule has 1 aromatic heterocycles. The van der Waals surface area contributed by atoms with Crippen LogP contribution in [-0.4, -0.2) is 33.4 Å². The average molecular weight is 284 g/mol. The van der Waals surface area contributed by atoms with Crippen LogP contribution in [0.2, 0.25) is 0 Å². The summed E-state index contributed by atoms with van der Waals surface area (Å²) >= 11 is 0. The number of rotatable bonds is 5. The van der Waals surface area contributed by atoms with Crippen LogP contribution in [0.1, 0.15) is 0 Å². The predicted octanol–water partition coefficient (Wildman–Crippen LogP) is 1.78. The molecule has 0 saturated carbocycles. The number of nitro benzene ring substituents is 1. The zero-order valence-corrected chi connectivity index (χ0v) is 10.4. The van der Waals surface area contributed by atoms with E-state index in [2.05, 4.69) is 10.2 Å². The lowest BCUT2D eigenvalue weighted by molar-refractivity contribution is -0.384. The highest BCUT2D eigenvalue weighted by Crippen LogP contribution is 2.30. The monoisotopic (exact) mass is 284 g/mol. The molecule has 0 N–H and O–H groups in total. The number of halogens is 2. The minimum Gasteiger partial charge on any atom is -0.383 e. The van der Waals surface area contributed by atoms with Crippen molar-refractivity contribution in [2.75, 3.05) is 13.7 Å². The molecule has 0 aliphatic rings. The Morgan fingerprint density at radius 3 is 2.75 bits per heavy atom. The molecule has 9 heteroatoms. The first-order valence-electron chi connectivity index (χ1n) is 5.55. The zero-order chi connectivity index (χ0) is 14.7. The van der Waals surface area contributed by atoms with Gasteiger partial charge in [-0.2, -0.15) is 0 Å². The van der Waals surface area contributed by atoms with Crippen LogP contribution in [0.4, 0.5) is 14.5 Å². The second kappa shape index (κ2) is 5.70. The van der Waals surface area contributed by atoms with Crippen LogP contribution in [0.25, 0.3) is 11.4 Å². The van der Waals surface area contributed by atoms with Crippen LogP contribution in [-0.2, 0) is 11.3 Å². The van der Waals surface area contributed by atoms with E-state index >= 15 is 0 Å². The fourth-order valence-electron chi connectivity index (χ4n) is 1.68. The molecule has 1 heterocycles. The number of ether oxygens (including phenoxy) is 1. The first-order chi connectivity index (χ1) is 9.54. The highest BCUT2D eigenvalue weighted by Gasteiger charge is 2.23. The van der Waals surface area contributed by atoms with E-state index in [4.69, 9.17) is 4.74 Å². The van der Waals surface area contributed by atoms with Gasteiger partial charge < -0.3 is 9.30 Å². The van der Waals surface area contributed by atoms with Gasteiger partial charge in [-0.25, -0.2) is 8.78 Å². The molecule has 1 aromatic carbocycles. The summed E-state index contributed by atoms with van der Waals surface area (Å²) in [6.07, 6.45) is 1.33. The number of hydrogen-bond acceptors (Lipinski definition) is 5. The second-order valence-corrected chi connectivity index (χ2v) is 3.88. The summed E-state index contributed by atoms with van der Waals surface area (Å²) in [7, 11) is 1.49. The molecule has 0 aliphatic heterocycles. The number of nitro groups is 1. The summed E-state index contributed by atoms with van der Waals surface area (Å²) in [5, 5.41) is 18.3. The maximum Gasteiger partial charge on any atom is 0.283 e. The zero-order valence-electron chi connectivity index (χ0n) is 10.4. The van der Waals surface area contributed by atoms with Crippen molar-refractivity contribution in [3.8, 4) is 11.4 Å². The van der Waals surface area contributed by atoms with Crippen LogP contribution in [0.3, 0.4) is 0 Å². The van der Waals surface area contributed by atoms with Crippen LogP contribution < -0.4 is 0 Å². The fourth-order valence-corrected chi connectivity index (χ4v) is 1.68. The molecule has 0 unspecified atom stereocenters. The molecule has 2 rings (SSSR count). The van der Waals surface area contributed by atoms with Gasteiger partial charge in [0.1, 0.15) is 11.9 Å². The molecular formula is C11H10F2N4O3. The molecule has 106 valence electrons. The Bertz CT molecular complexity index is 645. The molecule has 0 bridgehead atoms. The molecule has 0 radical (unpaired) electrons. The minimum atomic E-state index is -1.29. The van der Waals surface area contributed by atoms with E-state index in [1.54, 1.807) is 0 Å². The van der Waals surface area contributed by atoms with Gasteiger partial charge in [-0.05, 0) is 6.07 Å². The van der Waals surface area contributed by atoms with E-state index in [0.29, 0.717) is 19.2 Å². The lowest BCUT2D eigenvalue weighted by atomic mass is 10.1. The van der Waals surface area contributed by atoms with Gasteiger partial charge in [0.15, 0.2) is 17.5 Å². The summed E-state index contributed by atoms with van der Waals surface area (Å²) in [4.78, 5) is 10.1. The highest BCUT2D eigenvalue weighted by molar-refractivity contribution is 5.68. The fraction of sp³-hybridized carbons (Fsp3) is 0.273. The van der Waals surface area contributed by atoms with E-state index in [-0.39, 0.29) is 11.4 Å². The topological polar surface area (TPSA) is 83.1 Å². The molecule has 0 amide bonds. The van der Waals surface area contributed by atoms with Crippen molar-refractivity contribution < 1.29 is 18.4 Å². The molecule has 7 nitrogen and oxygen atoms in total. The first kappa shape index (κ1) is 14.0. The molecule has 0 atom stereocenters. The molecular weight excluding hydrogens is 274 g/mol. The molecule has 0 aliphatic carbocycles. The Morgan fingerprint density at radius 1 is 1.40 bits per heavy atom. The molecule has 0 saturated heterocycles. The predicted molar refractivity (Wildman–Crippen MR) is 63.9 cm³/mol. The third-order valence-electron chi connectivity index (χ3n) is 2.63. The van der Waals surface area contributed by atoms with Crippen molar-refractivity contribution in [3.63, 3.8) is 0 Å². The quantitative estimate of drug-likeness (QED) is 0.617. The van der Waals surface area contributed by atoms with Crippen molar-refractivity contribution in [2.45, 2.75) is 6.54 Å². The summed E-state index contributed by atoms with van der Waals surface area (Å²) in [5.41, 5.74) is -0.710. The Labute approximate surface area is 112 Å². The van der Waals surface area contributed by atoms with Gasteiger partial charge in [-0.15, -0.1) is 10.2 Å². The third-order valence-corrected chi connectivity index (χ3v) is 2.63. The molecule has 2 aromatic rings. The van der Waals surface area contributed by atoms with Crippen molar-refractivity contribution in [2.24, 2.45) is 0 Å². The van der Waals surface area contributed by atoms with Crippen molar-refractivity contribution in [1.82, 2.24) is 14.8 Å². The van der Waals surface area contributed by atoms with Crippen LogP contribution in [0.15, 0.2) is 18.5 Å². The Balaban J connectivity index is 2.54. The van der Waals surface area contributed by atoms with E-state index < -0.39 is 22.2 Å². The Morgan fingerprint density at radius 2 is 2.10 bits per heavy atom. The lowest BCUT2D eigenvalue weighted by Gasteiger charge is -2.07. The second-order valence-electron chi connectivity index (χ2n) is 3.88. The number of methoxy groups -OCH3 is 1. The first-order valence-corrected chi connectivity index (χ1v) is 5.55. The van der Waals surface area contributed by atoms with Gasteiger partial charge in [0.25, 0.3) is 5.69 Å². The van der Waals surface area contributed by atoms with Gasteiger partial charge in [0.2, 0.25) is 0 Å². The normalized spacial score (nSPS) is 10.8. The van der Waals surface area contributed by atoms with E-state index in [9.17, 15) is 18.9 Å². The summed E-state index contributed by atoms with van der Waals surface area (Å²) in [6, 6.07) is 1.26. The molecule has 0 spiro atoms. The number of benzene rings is 1. The largest absolute Gasteiger partial charge is 0.383 e. The SMILES string of the molecule is COCCn1cnnc1-c1cc(F)c(F)cc1[N+](=O)[O-]. The van der Waals surface area contributed by atoms with Crippen LogP contribution in [0.5, 0.6) is 0 Å². The number of aromatic nitrogens is 3. The summed E-state index contributed by atoms with van der Waals surface area (Å²) in [5.74, 6) is -2.40. The lowest BCUT2D eigenvalue weighted by Crippen LogP contribution is -2.06. The maximum atomic E-state index is 13.3. The number of nitrogens with zero attached hydrogens (tertiary/aromatic N) is 4. The van der Waals surface area contributed by atoms with Gasteiger partial charge in [0, 0.05) is 13.7 Å². The maximum absolute atomic E-state index is 13.3. The third kappa shape index (κ3) is 2.62. The Hall–Kier alpha value is -2.42. The molecule has 20 heavy (non-hydrogen) atoms. The summed E-state index contributed by atoms with van der Waals surface area (Å²) < 4.78 is 32.8. The van der Waals surface area contributed by atoms with Crippen molar-refractivity contribution >= 4 is 5.69 Å². The minimum absolute atomic E-state index is 0.0765. The Kier molecular flexibility index (Phi) is 3.99.